The molecule has 0 spiro atoms. The van der Waals surface area contributed by atoms with Crippen molar-refractivity contribution in [2.75, 3.05) is 32.8 Å². The van der Waals surface area contributed by atoms with Gasteiger partial charge in [0.25, 0.3) is 0 Å². The first-order valence-electron chi connectivity index (χ1n) is 7.07. The van der Waals surface area contributed by atoms with Crippen LogP contribution in [0.4, 0.5) is 0 Å². The van der Waals surface area contributed by atoms with Crippen LogP contribution in [0.25, 0.3) is 0 Å². The van der Waals surface area contributed by atoms with Crippen molar-refractivity contribution >= 4 is 15.9 Å². The average Bonchev–Trinajstić information content (AvgIpc) is 2.46. The molecule has 0 bridgehead atoms. The van der Waals surface area contributed by atoms with E-state index in [2.05, 4.69) is 20.8 Å². The lowest BCUT2D eigenvalue weighted by atomic mass is 9.98. The highest BCUT2D eigenvalue weighted by Gasteiger charge is 2.20. The van der Waals surface area contributed by atoms with Crippen LogP contribution in [0.5, 0.6) is 5.75 Å². The number of piperidine rings is 1. The molecule has 1 aliphatic heterocycles. The minimum absolute atomic E-state index is 0.280. The molecule has 4 nitrogen and oxygen atoms in total. The number of aliphatic hydroxyl groups excluding tert-OH is 2. The molecule has 1 unspecified atom stereocenters. The molecule has 0 aliphatic carbocycles. The van der Waals surface area contributed by atoms with E-state index >= 15 is 0 Å². The lowest BCUT2D eigenvalue weighted by molar-refractivity contribution is 0.0488. The molecular formula is C15H22BrNO3. The van der Waals surface area contributed by atoms with Gasteiger partial charge in [-0.25, -0.2) is 0 Å². The molecule has 2 N–H and O–H groups in total. The molecule has 1 atom stereocenters. The quantitative estimate of drug-likeness (QED) is 0.828. The highest BCUT2D eigenvalue weighted by molar-refractivity contribution is 9.10. The van der Waals surface area contributed by atoms with E-state index < -0.39 is 6.10 Å². The second kappa shape index (κ2) is 7.98. The Hall–Kier alpha value is -0.620. The van der Waals surface area contributed by atoms with Crippen molar-refractivity contribution in [3.8, 4) is 5.75 Å². The van der Waals surface area contributed by atoms with Crippen LogP contribution in [0, 0.1) is 5.92 Å². The highest BCUT2D eigenvalue weighted by atomic mass is 79.9. The lowest BCUT2D eigenvalue weighted by Crippen LogP contribution is -2.41. The van der Waals surface area contributed by atoms with Gasteiger partial charge < -0.3 is 19.8 Å². The standard InChI is InChI=1S/C15H22BrNO3/c16-13-2-1-3-15(8-13)20-11-14(19)9-17-6-4-12(10-18)5-7-17/h1-3,8,12,14,18-19H,4-7,9-11H2. The smallest absolute Gasteiger partial charge is 0.120 e. The van der Waals surface area contributed by atoms with Crippen LogP contribution in [0.2, 0.25) is 0 Å². The number of nitrogens with zero attached hydrogens (tertiary/aromatic N) is 1. The van der Waals surface area contributed by atoms with Gasteiger partial charge in [0.1, 0.15) is 18.5 Å². The largest absolute Gasteiger partial charge is 0.491 e. The summed E-state index contributed by atoms with van der Waals surface area (Å²) in [5.74, 6) is 1.19. The number of halogens is 1. The van der Waals surface area contributed by atoms with E-state index in [-0.39, 0.29) is 6.61 Å². The van der Waals surface area contributed by atoms with Gasteiger partial charge in [-0.1, -0.05) is 22.0 Å². The number of hydrogen-bond donors (Lipinski definition) is 2. The van der Waals surface area contributed by atoms with E-state index in [1.165, 1.54) is 0 Å². The Labute approximate surface area is 128 Å². The SMILES string of the molecule is OCC1CCN(CC(O)COc2cccc(Br)c2)CC1. The Balaban J connectivity index is 1.69. The van der Waals surface area contributed by atoms with Crippen LogP contribution >= 0.6 is 15.9 Å². The van der Waals surface area contributed by atoms with Gasteiger partial charge in [0, 0.05) is 17.6 Å². The van der Waals surface area contributed by atoms with Gasteiger partial charge in [0.15, 0.2) is 0 Å². The predicted molar refractivity (Wildman–Crippen MR) is 81.9 cm³/mol. The van der Waals surface area contributed by atoms with Crippen LogP contribution in [-0.2, 0) is 0 Å². The van der Waals surface area contributed by atoms with E-state index in [0.717, 1.165) is 36.2 Å². The third-order valence-electron chi connectivity index (χ3n) is 3.67. The van der Waals surface area contributed by atoms with Crippen LogP contribution in [-0.4, -0.2) is 54.1 Å². The minimum atomic E-state index is -0.486. The van der Waals surface area contributed by atoms with Crippen molar-refractivity contribution < 1.29 is 14.9 Å². The number of benzene rings is 1. The maximum Gasteiger partial charge on any atom is 0.120 e. The molecule has 0 saturated carbocycles. The summed E-state index contributed by atoms with van der Waals surface area (Å²) in [7, 11) is 0. The molecule has 0 radical (unpaired) electrons. The molecule has 0 amide bonds. The summed E-state index contributed by atoms with van der Waals surface area (Å²) < 4.78 is 6.55. The predicted octanol–water partition coefficient (Wildman–Crippen LogP) is 1.89. The Morgan fingerprint density at radius 2 is 2.10 bits per heavy atom. The highest BCUT2D eigenvalue weighted by Crippen LogP contribution is 2.19. The maximum absolute atomic E-state index is 10.0. The van der Waals surface area contributed by atoms with Gasteiger partial charge in [0.2, 0.25) is 0 Å². The monoisotopic (exact) mass is 343 g/mol. The molecule has 1 aliphatic rings. The molecule has 2 rings (SSSR count). The maximum atomic E-state index is 10.0. The minimum Gasteiger partial charge on any atom is -0.491 e. The molecule has 1 fully saturated rings. The summed E-state index contributed by atoms with van der Waals surface area (Å²) in [6.07, 6.45) is 1.53. The van der Waals surface area contributed by atoms with Crippen molar-refractivity contribution in [1.82, 2.24) is 4.90 Å². The van der Waals surface area contributed by atoms with Gasteiger partial charge >= 0.3 is 0 Å². The second-order valence-electron chi connectivity index (χ2n) is 5.35. The van der Waals surface area contributed by atoms with Crippen molar-refractivity contribution in [2.24, 2.45) is 5.92 Å². The lowest BCUT2D eigenvalue weighted by Gasteiger charge is -2.32. The first-order chi connectivity index (χ1) is 9.67. The number of β-amino-alcohol motifs (C(OH)–C–C–N with tert-alkyl or cyclic N) is 1. The van der Waals surface area contributed by atoms with E-state index in [4.69, 9.17) is 9.84 Å². The molecule has 5 heteroatoms. The van der Waals surface area contributed by atoms with Gasteiger partial charge in [-0.15, -0.1) is 0 Å². The number of ether oxygens (including phenoxy) is 1. The molecular weight excluding hydrogens is 322 g/mol. The summed E-state index contributed by atoms with van der Waals surface area (Å²) >= 11 is 3.39. The van der Waals surface area contributed by atoms with Crippen molar-refractivity contribution in [3.63, 3.8) is 0 Å². The third-order valence-corrected chi connectivity index (χ3v) is 4.17. The zero-order chi connectivity index (χ0) is 14.4. The number of hydrogen-bond acceptors (Lipinski definition) is 4. The zero-order valence-electron chi connectivity index (χ0n) is 11.5. The number of aliphatic hydroxyl groups is 2. The van der Waals surface area contributed by atoms with Crippen LogP contribution < -0.4 is 4.74 Å². The normalized spacial score (nSPS) is 18.9. The zero-order valence-corrected chi connectivity index (χ0v) is 13.1. The molecule has 1 aromatic rings. The van der Waals surface area contributed by atoms with Gasteiger partial charge in [-0.2, -0.15) is 0 Å². The van der Waals surface area contributed by atoms with E-state index in [9.17, 15) is 5.11 Å². The number of likely N-dealkylation sites (tertiary alicyclic amines) is 1. The van der Waals surface area contributed by atoms with E-state index in [1.54, 1.807) is 0 Å². The molecule has 20 heavy (non-hydrogen) atoms. The second-order valence-corrected chi connectivity index (χ2v) is 6.26. The Morgan fingerprint density at radius 1 is 1.35 bits per heavy atom. The van der Waals surface area contributed by atoms with E-state index in [1.807, 2.05) is 24.3 Å². The van der Waals surface area contributed by atoms with Gasteiger partial charge in [0.05, 0.1) is 0 Å². The van der Waals surface area contributed by atoms with Crippen LogP contribution in [0.15, 0.2) is 28.7 Å². The summed E-state index contributed by atoms with van der Waals surface area (Å²) in [5.41, 5.74) is 0. The Kier molecular flexibility index (Phi) is 6.29. The summed E-state index contributed by atoms with van der Waals surface area (Å²) in [6.45, 7) is 3.10. The molecule has 112 valence electrons. The Bertz CT molecular complexity index is 408. The van der Waals surface area contributed by atoms with Gasteiger partial charge in [-0.05, 0) is 50.0 Å². The first-order valence-corrected chi connectivity index (χ1v) is 7.86. The fourth-order valence-electron chi connectivity index (χ4n) is 2.45. The third kappa shape index (κ3) is 5.05. The molecule has 1 aromatic carbocycles. The molecule has 1 heterocycles. The topological polar surface area (TPSA) is 52.9 Å². The summed E-state index contributed by atoms with van der Waals surface area (Å²) in [5, 5.41) is 19.1. The van der Waals surface area contributed by atoms with Gasteiger partial charge in [-0.3, -0.25) is 0 Å². The summed E-state index contributed by atoms with van der Waals surface area (Å²) in [6, 6.07) is 7.61. The van der Waals surface area contributed by atoms with E-state index in [0.29, 0.717) is 19.1 Å². The van der Waals surface area contributed by atoms with Crippen LogP contribution in [0.3, 0.4) is 0 Å². The van der Waals surface area contributed by atoms with Crippen molar-refractivity contribution in [2.45, 2.75) is 18.9 Å². The Morgan fingerprint density at radius 3 is 2.75 bits per heavy atom. The van der Waals surface area contributed by atoms with Crippen LogP contribution in [0.1, 0.15) is 12.8 Å². The molecule has 1 saturated heterocycles. The average molecular weight is 344 g/mol. The molecule has 0 aromatic heterocycles. The fourth-order valence-corrected chi connectivity index (χ4v) is 2.83. The number of rotatable bonds is 6. The van der Waals surface area contributed by atoms with Crippen molar-refractivity contribution in [3.05, 3.63) is 28.7 Å². The fraction of sp³-hybridized carbons (Fsp3) is 0.600. The van der Waals surface area contributed by atoms with Crippen molar-refractivity contribution in [1.29, 1.82) is 0 Å². The first kappa shape index (κ1) is 15.8. The summed E-state index contributed by atoms with van der Waals surface area (Å²) in [4.78, 5) is 2.24.